The Balaban J connectivity index is 1.55. The lowest BCUT2D eigenvalue weighted by Gasteiger charge is -2.64. The smallest absolute Gasteiger partial charge is 0.339 e. The summed E-state index contributed by atoms with van der Waals surface area (Å²) in [4.78, 5) is 30.5. The number of aliphatic hydroxyl groups is 1. The average Bonchev–Trinajstić information content (AvgIpc) is 3.46. The second kappa shape index (κ2) is 9.50. The van der Waals surface area contributed by atoms with E-state index in [-0.39, 0.29) is 23.2 Å². The van der Waals surface area contributed by atoms with Crippen molar-refractivity contribution in [2.24, 2.45) is 5.41 Å². The van der Waals surface area contributed by atoms with Crippen LogP contribution in [0.1, 0.15) is 42.6 Å². The van der Waals surface area contributed by atoms with E-state index in [1.54, 1.807) is 31.4 Å². The van der Waals surface area contributed by atoms with Gasteiger partial charge in [-0.3, -0.25) is 9.69 Å². The van der Waals surface area contributed by atoms with Crippen molar-refractivity contribution in [1.29, 1.82) is 0 Å². The molecule has 2 fully saturated rings. The summed E-state index contributed by atoms with van der Waals surface area (Å²) in [5.74, 6) is -0.426. The number of hydrogen-bond donors (Lipinski definition) is 1. The quantitative estimate of drug-likeness (QED) is 0.415. The van der Waals surface area contributed by atoms with Crippen LogP contribution in [0.15, 0.2) is 54.6 Å². The number of fused-ring (bicyclic) bond motifs is 1. The molecule has 3 aliphatic heterocycles. The maximum Gasteiger partial charge on any atom is 0.339 e. The molecule has 1 aliphatic carbocycles. The number of hydrogen-bond acceptors (Lipinski definition) is 8. The minimum Gasteiger partial charge on any atom is -0.497 e. The molecule has 0 amide bonds. The number of nitrogens with zero attached hydrogens (tertiary/aromatic N) is 2. The van der Waals surface area contributed by atoms with E-state index in [2.05, 4.69) is 34.9 Å². The highest BCUT2D eigenvalue weighted by Crippen LogP contribution is 2.67. The zero-order valence-corrected chi connectivity index (χ0v) is 24.0. The molecule has 2 aromatic carbocycles. The van der Waals surface area contributed by atoms with Crippen LogP contribution in [0, 0.1) is 5.41 Å². The fraction of sp³-hybridized carbons (Fsp3) is 0.484. The molecular weight excluding hydrogens is 532 g/mol. The van der Waals surface area contributed by atoms with Crippen LogP contribution in [0.5, 0.6) is 5.75 Å². The molecule has 0 aromatic heterocycles. The van der Waals surface area contributed by atoms with Crippen molar-refractivity contribution in [2.45, 2.75) is 55.9 Å². The highest BCUT2D eigenvalue weighted by atomic mass is 35.5. The largest absolute Gasteiger partial charge is 0.497 e. The summed E-state index contributed by atoms with van der Waals surface area (Å²) in [5, 5.41) is 13.3. The van der Waals surface area contributed by atoms with Gasteiger partial charge in [0.25, 0.3) is 0 Å². The second-order valence-electron chi connectivity index (χ2n) is 11.5. The molecule has 212 valence electrons. The van der Waals surface area contributed by atoms with Gasteiger partial charge in [0.1, 0.15) is 18.5 Å². The number of carbonyl (C=O) groups excluding carboxylic acids is 2. The molecule has 8 nitrogen and oxygen atoms in total. The van der Waals surface area contributed by atoms with Crippen molar-refractivity contribution < 1.29 is 28.9 Å². The van der Waals surface area contributed by atoms with Gasteiger partial charge in [0.05, 0.1) is 23.7 Å². The molecule has 3 heterocycles. The maximum absolute atomic E-state index is 13.3. The third-order valence-electron chi connectivity index (χ3n) is 9.74. The Morgan fingerprint density at radius 1 is 1.18 bits per heavy atom. The lowest BCUT2D eigenvalue weighted by molar-refractivity contribution is -0.228. The van der Waals surface area contributed by atoms with E-state index >= 15 is 0 Å². The summed E-state index contributed by atoms with van der Waals surface area (Å²) < 4.78 is 17.6. The minimum absolute atomic E-state index is 0.0408. The van der Waals surface area contributed by atoms with Gasteiger partial charge in [-0.05, 0) is 43.1 Å². The molecule has 1 unspecified atom stereocenters. The molecule has 1 saturated heterocycles. The summed E-state index contributed by atoms with van der Waals surface area (Å²) in [6.07, 6.45) is 4.68. The van der Waals surface area contributed by atoms with Crippen LogP contribution in [0.2, 0.25) is 5.02 Å². The number of ether oxygens (including phenoxy) is 3. The van der Waals surface area contributed by atoms with Gasteiger partial charge in [0.15, 0.2) is 5.60 Å². The van der Waals surface area contributed by atoms with Gasteiger partial charge >= 0.3 is 11.9 Å². The number of likely N-dealkylation sites (N-methyl/N-ethyl adjacent to an activating group) is 1. The number of esters is 2. The van der Waals surface area contributed by atoms with Gasteiger partial charge < -0.3 is 24.2 Å². The van der Waals surface area contributed by atoms with E-state index in [1.807, 2.05) is 19.2 Å². The number of benzene rings is 2. The average molecular weight is 567 g/mol. The van der Waals surface area contributed by atoms with E-state index in [4.69, 9.17) is 25.8 Å². The Hall–Kier alpha value is -3.07. The predicted octanol–water partition coefficient (Wildman–Crippen LogP) is 3.98. The highest BCUT2D eigenvalue weighted by Gasteiger charge is 2.78. The SMILES string of the molecule is CC[C@]12C=CCN3CC[C@@]4(c5ccc(OC)cc5N(C)[C@H]4[C@@](O)(COC(=O)c4ccccc4Cl)[C@@H]1OC(C)=O)C32. The van der Waals surface area contributed by atoms with Crippen LogP contribution in [-0.2, 0) is 19.7 Å². The summed E-state index contributed by atoms with van der Waals surface area (Å²) >= 11 is 6.29. The van der Waals surface area contributed by atoms with Crippen molar-refractivity contribution in [2.75, 3.05) is 38.8 Å². The summed E-state index contributed by atoms with van der Waals surface area (Å²) in [5.41, 5.74) is -0.704. The molecule has 2 aromatic rings. The summed E-state index contributed by atoms with van der Waals surface area (Å²) in [6, 6.07) is 12.1. The minimum atomic E-state index is -1.76. The van der Waals surface area contributed by atoms with Gasteiger partial charge in [-0.1, -0.05) is 48.9 Å². The van der Waals surface area contributed by atoms with Crippen LogP contribution in [0.3, 0.4) is 0 Å². The first-order valence-corrected chi connectivity index (χ1v) is 14.2. The lowest BCUT2D eigenvalue weighted by atomic mass is 9.48. The number of rotatable bonds is 6. The third-order valence-corrected chi connectivity index (χ3v) is 10.1. The Morgan fingerprint density at radius 2 is 1.95 bits per heavy atom. The molecule has 6 atom stereocenters. The van der Waals surface area contributed by atoms with E-state index in [0.717, 1.165) is 30.8 Å². The first kappa shape index (κ1) is 27.1. The van der Waals surface area contributed by atoms with Gasteiger partial charge in [0.2, 0.25) is 0 Å². The van der Waals surface area contributed by atoms with Gasteiger partial charge in [-0.2, -0.15) is 0 Å². The zero-order valence-electron chi connectivity index (χ0n) is 23.2. The first-order valence-electron chi connectivity index (χ1n) is 13.8. The van der Waals surface area contributed by atoms with Crippen molar-refractivity contribution in [3.05, 3.63) is 70.8 Å². The van der Waals surface area contributed by atoms with Crippen molar-refractivity contribution in [1.82, 2.24) is 4.90 Å². The van der Waals surface area contributed by atoms with Crippen LogP contribution >= 0.6 is 11.6 Å². The van der Waals surface area contributed by atoms with Gasteiger partial charge in [-0.15, -0.1) is 0 Å². The summed E-state index contributed by atoms with van der Waals surface area (Å²) in [6.45, 7) is 4.66. The normalized spacial score (nSPS) is 33.6. The van der Waals surface area contributed by atoms with E-state index < -0.39 is 40.5 Å². The van der Waals surface area contributed by atoms with E-state index in [1.165, 1.54) is 6.92 Å². The Kier molecular flexibility index (Phi) is 6.44. The van der Waals surface area contributed by atoms with Crippen LogP contribution in [-0.4, -0.2) is 79.6 Å². The van der Waals surface area contributed by atoms with Crippen molar-refractivity contribution in [3.63, 3.8) is 0 Å². The second-order valence-corrected chi connectivity index (χ2v) is 11.9. The Morgan fingerprint density at radius 3 is 2.65 bits per heavy atom. The highest BCUT2D eigenvalue weighted by molar-refractivity contribution is 6.33. The predicted molar refractivity (Wildman–Crippen MR) is 151 cm³/mol. The number of halogens is 1. The maximum atomic E-state index is 13.3. The number of anilines is 1. The molecule has 40 heavy (non-hydrogen) atoms. The molecule has 1 saturated carbocycles. The fourth-order valence-electron chi connectivity index (χ4n) is 8.49. The Bertz CT molecular complexity index is 1400. The number of methoxy groups -OCH3 is 1. The molecule has 0 radical (unpaired) electrons. The topological polar surface area (TPSA) is 88.5 Å². The van der Waals surface area contributed by atoms with E-state index in [9.17, 15) is 14.7 Å². The van der Waals surface area contributed by atoms with Gasteiger partial charge in [0, 0.05) is 49.1 Å². The van der Waals surface area contributed by atoms with E-state index in [0.29, 0.717) is 12.2 Å². The van der Waals surface area contributed by atoms with Crippen LogP contribution in [0.25, 0.3) is 0 Å². The molecule has 1 spiro atoms. The summed E-state index contributed by atoms with van der Waals surface area (Å²) in [7, 11) is 3.58. The molecule has 9 heteroatoms. The lowest BCUT2D eigenvalue weighted by Crippen LogP contribution is -2.80. The molecule has 1 N–H and O–H groups in total. The van der Waals surface area contributed by atoms with Crippen LogP contribution < -0.4 is 9.64 Å². The molecule has 4 aliphatic rings. The van der Waals surface area contributed by atoms with Crippen LogP contribution in [0.4, 0.5) is 5.69 Å². The van der Waals surface area contributed by atoms with Crippen molar-refractivity contribution >= 4 is 29.2 Å². The molecule has 0 bridgehead atoms. The fourth-order valence-corrected chi connectivity index (χ4v) is 8.71. The third kappa shape index (κ3) is 3.52. The molecular formula is C31H35ClN2O6. The van der Waals surface area contributed by atoms with Gasteiger partial charge in [-0.25, -0.2) is 4.79 Å². The Labute approximate surface area is 239 Å². The standard InChI is InChI=1S/C31H35ClN2O6/c1-5-29-13-8-15-34-16-14-30(26(29)34)22-12-11-20(38-4)17-24(22)33(3)27(30)31(37,28(29)40-19(2)35)18-39-25(36)21-9-6-7-10-23(21)32/h6-13,17,26-28,37H,5,14-16,18H2,1-4H3/t26?,27-,28-,29-,30-,31+/m1/s1. The molecule has 6 rings (SSSR count). The monoisotopic (exact) mass is 566 g/mol. The first-order chi connectivity index (χ1) is 19.1. The van der Waals surface area contributed by atoms with Crippen molar-refractivity contribution in [3.8, 4) is 5.75 Å². The zero-order chi connectivity index (χ0) is 28.4. The number of carbonyl (C=O) groups is 2.